The van der Waals surface area contributed by atoms with E-state index in [2.05, 4.69) is 11.9 Å². The van der Waals surface area contributed by atoms with Crippen molar-refractivity contribution in [1.82, 2.24) is 4.98 Å². The van der Waals surface area contributed by atoms with Crippen LogP contribution in [0.15, 0.2) is 18.3 Å². The largest absolute Gasteiger partial charge is 0.390 e. The summed E-state index contributed by atoms with van der Waals surface area (Å²) in [7, 11) is 0. The molecule has 4 heteroatoms. The lowest BCUT2D eigenvalue weighted by atomic mass is 9.74. The number of aliphatic hydroxyl groups excluding tert-OH is 1. The summed E-state index contributed by atoms with van der Waals surface area (Å²) >= 11 is 0. The molecule has 0 radical (unpaired) electrons. The van der Waals surface area contributed by atoms with E-state index in [1.165, 1.54) is 6.42 Å². The molecule has 0 spiro atoms. The number of ether oxygens (including phenoxy) is 1. The van der Waals surface area contributed by atoms with E-state index in [1.54, 1.807) is 6.20 Å². The Morgan fingerprint density at radius 2 is 2.40 bits per heavy atom. The second-order valence-corrected chi connectivity index (χ2v) is 6.01. The van der Waals surface area contributed by atoms with Crippen molar-refractivity contribution in [3.63, 3.8) is 0 Å². The van der Waals surface area contributed by atoms with E-state index in [-0.39, 0.29) is 0 Å². The van der Waals surface area contributed by atoms with Crippen molar-refractivity contribution in [3.8, 4) is 0 Å². The number of nitrogens with two attached hydrogens (primary N) is 1. The van der Waals surface area contributed by atoms with Gasteiger partial charge in [-0.1, -0.05) is 19.8 Å². The summed E-state index contributed by atoms with van der Waals surface area (Å²) in [6.07, 6.45) is 5.98. The van der Waals surface area contributed by atoms with Crippen LogP contribution in [0.3, 0.4) is 0 Å². The average molecular weight is 278 g/mol. The van der Waals surface area contributed by atoms with Crippen molar-refractivity contribution in [2.75, 3.05) is 12.3 Å². The maximum atomic E-state index is 10.7. The Labute approximate surface area is 121 Å². The van der Waals surface area contributed by atoms with Crippen molar-refractivity contribution in [2.24, 2.45) is 5.92 Å². The third-order valence-corrected chi connectivity index (χ3v) is 4.30. The molecule has 3 unspecified atom stereocenters. The van der Waals surface area contributed by atoms with Gasteiger partial charge in [-0.3, -0.25) is 0 Å². The predicted octanol–water partition coefficient (Wildman–Crippen LogP) is 2.55. The molecule has 2 rings (SSSR count). The van der Waals surface area contributed by atoms with Crippen molar-refractivity contribution in [2.45, 2.75) is 57.7 Å². The van der Waals surface area contributed by atoms with Crippen LogP contribution in [0.1, 0.15) is 45.1 Å². The summed E-state index contributed by atoms with van der Waals surface area (Å²) in [5, 5.41) is 10.7. The molecule has 1 heterocycles. The van der Waals surface area contributed by atoms with Crippen LogP contribution in [0.4, 0.5) is 5.82 Å². The van der Waals surface area contributed by atoms with Crippen LogP contribution in [-0.2, 0) is 11.2 Å². The molecule has 1 aromatic rings. The number of anilines is 1. The van der Waals surface area contributed by atoms with E-state index in [1.807, 2.05) is 19.1 Å². The quantitative estimate of drug-likeness (QED) is 0.868. The van der Waals surface area contributed by atoms with Crippen LogP contribution >= 0.6 is 0 Å². The molecule has 0 bridgehead atoms. The number of aromatic nitrogens is 1. The Morgan fingerprint density at radius 3 is 3.05 bits per heavy atom. The highest BCUT2D eigenvalue weighted by Crippen LogP contribution is 2.38. The maximum absolute atomic E-state index is 10.7. The third kappa shape index (κ3) is 3.49. The van der Waals surface area contributed by atoms with Gasteiger partial charge >= 0.3 is 0 Å². The van der Waals surface area contributed by atoms with E-state index >= 15 is 0 Å². The lowest BCUT2D eigenvalue weighted by Gasteiger charge is -2.43. The lowest BCUT2D eigenvalue weighted by molar-refractivity contribution is -0.147. The molecule has 0 aliphatic heterocycles. The minimum atomic E-state index is -0.494. The van der Waals surface area contributed by atoms with Crippen LogP contribution in [0, 0.1) is 5.92 Å². The molecule has 1 fully saturated rings. The number of hydrogen-bond donors (Lipinski definition) is 2. The Morgan fingerprint density at radius 1 is 1.60 bits per heavy atom. The molecule has 3 N–H and O–H groups in total. The number of nitrogens with zero attached hydrogens (tertiary/aromatic N) is 1. The Balaban J connectivity index is 2.12. The predicted molar refractivity (Wildman–Crippen MR) is 80.3 cm³/mol. The first kappa shape index (κ1) is 15.3. The van der Waals surface area contributed by atoms with Gasteiger partial charge in [0.05, 0.1) is 11.7 Å². The topological polar surface area (TPSA) is 68.4 Å². The second-order valence-electron chi connectivity index (χ2n) is 6.01. The molecule has 0 aromatic carbocycles. The van der Waals surface area contributed by atoms with Crippen LogP contribution in [0.5, 0.6) is 0 Å². The number of aliphatic hydroxyl groups is 1. The molecular formula is C16H26N2O2. The van der Waals surface area contributed by atoms with Crippen molar-refractivity contribution in [1.29, 1.82) is 0 Å². The van der Waals surface area contributed by atoms with E-state index in [0.29, 0.717) is 24.8 Å². The van der Waals surface area contributed by atoms with Gasteiger partial charge in [-0.2, -0.15) is 0 Å². The summed E-state index contributed by atoms with van der Waals surface area (Å²) in [6, 6.07) is 3.74. The molecule has 112 valence electrons. The molecular weight excluding hydrogens is 252 g/mol. The summed E-state index contributed by atoms with van der Waals surface area (Å²) in [5.74, 6) is 1.10. The molecule has 1 aliphatic carbocycles. The zero-order valence-electron chi connectivity index (χ0n) is 12.5. The minimum absolute atomic E-state index is 0.398. The maximum Gasteiger partial charge on any atom is 0.123 e. The Hall–Kier alpha value is -1.13. The highest BCUT2D eigenvalue weighted by molar-refractivity contribution is 5.32. The molecule has 3 atom stereocenters. The molecule has 20 heavy (non-hydrogen) atoms. The number of nitrogen functional groups attached to an aromatic ring is 1. The first-order valence-electron chi connectivity index (χ1n) is 7.58. The molecule has 0 amide bonds. The van der Waals surface area contributed by atoms with Gasteiger partial charge in [0.15, 0.2) is 0 Å². The first-order valence-corrected chi connectivity index (χ1v) is 7.58. The molecule has 1 aliphatic rings. The highest BCUT2D eigenvalue weighted by atomic mass is 16.5. The smallest absolute Gasteiger partial charge is 0.123 e. The SMILES string of the molecule is CCOC1(C(O)Cc2ccnc(N)c2)CCCC(C)C1. The van der Waals surface area contributed by atoms with Crippen LogP contribution < -0.4 is 5.73 Å². The van der Waals surface area contributed by atoms with Crippen LogP contribution in [0.2, 0.25) is 0 Å². The minimum Gasteiger partial charge on any atom is -0.390 e. The highest BCUT2D eigenvalue weighted by Gasteiger charge is 2.41. The fourth-order valence-electron chi connectivity index (χ4n) is 3.39. The molecule has 0 saturated heterocycles. The first-order chi connectivity index (χ1) is 9.55. The summed E-state index contributed by atoms with van der Waals surface area (Å²) in [4.78, 5) is 3.99. The average Bonchev–Trinajstić information content (AvgIpc) is 2.39. The number of rotatable bonds is 5. The van der Waals surface area contributed by atoms with E-state index < -0.39 is 11.7 Å². The number of pyridine rings is 1. The molecule has 1 aromatic heterocycles. The van der Waals surface area contributed by atoms with Crippen LogP contribution in [-0.4, -0.2) is 28.4 Å². The summed E-state index contributed by atoms with van der Waals surface area (Å²) in [6.45, 7) is 4.88. The molecule has 4 nitrogen and oxygen atoms in total. The van der Waals surface area contributed by atoms with E-state index in [0.717, 1.165) is 24.8 Å². The van der Waals surface area contributed by atoms with Crippen LogP contribution in [0.25, 0.3) is 0 Å². The van der Waals surface area contributed by atoms with E-state index in [4.69, 9.17) is 10.5 Å². The van der Waals surface area contributed by atoms with Gasteiger partial charge in [0.1, 0.15) is 5.82 Å². The fraction of sp³-hybridized carbons (Fsp3) is 0.688. The standard InChI is InChI=1S/C16H26N2O2/c1-3-20-16(7-4-5-12(2)11-16)14(19)9-13-6-8-18-15(17)10-13/h6,8,10,12,14,19H,3-5,7,9,11H2,1-2H3,(H2,17,18). The zero-order chi connectivity index (χ0) is 14.6. The number of hydrogen-bond acceptors (Lipinski definition) is 4. The van der Waals surface area contributed by atoms with E-state index in [9.17, 15) is 5.11 Å². The normalized spacial score (nSPS) is 28.2. The van der Waals surface area contributed by atoms with Crippen molar-refractivity contribution < 1.29 is 9.84 Å². The van der Waals surface area contributed by atoms with Gasteiger partial charge in [-0.25, -0.2) is 4.98 Å². The van der Waals surface area contributed by atoms with Gasteiger partial charge in [0, 0.05) is 19.2 Å². The summed E-state index contributed by atoms with van der Waals surface area (Å²) < 4.78 is 6.01. The Bertz CT molecular complexity index is 434. The van der Waals surface area contributed by atoms with Gasteiger partial charge < -0.3 is 15.6 Å². The fourth-order valence-corrected chi connectivity index (χ4v) is 3.39. The van der Waals surface area contributed by atoms with Crippen molar-refractivity contribution in [3.05, 3.63) is 23.9 Å². The summed E-state index contributed by atoms with van der Waals surface area (Å²) in [5.41, 5.74) is 6.32. The van der Waals surface area contributed by atoms with Gasteiger partial charge in [0.25, 0.3) is 0 Å². The van der Waals surface area contributed by atoms with Crippen molar-refractivity contribution >= 4 is 5.82 Å². The zero-order valence-corrected chi connectivity index (χ0v) is 12.5. The van der Waals surface area contributed by atoms with Gasteiger partial charge in [0.2, 0.25) is 0 Å². The van der Waals surface area contributed by atoms with Gasteiger partial charge in [-0.15, -0.1) is 0 Å². The lowest BCUT2D eigenvalue weighted by Crippen LogP contribution is -2.49. The Kier molecular flexibility index (Phi) is 5.00. The second kappa shape index (κ2) is 6.55. The van der Waals surface area contributed by atoms with Gasteiger partial charge in [-0.05, 0) is 43.4 Å². The monoisotopic (exact) mass is 278 g/mol. The third-order valence-electron chi connectivity index (χ3n) is 4.30. The molecule has 1 saturated carbocycles.